The Morgan fingerprint density at radius 3 is 1.12 bits per heavy atom. The molecule has 1 saturated heterocycles. The highest BCUT2D eigenvalue weighted by Crippen LogP contribution is 2.32. The first-order chi connectivity index (χ1) is 64.2. The lowest BCUT2D eigenvalue weighted by Crippen LogP contribution is -2.42. The number of carbonyl (C=O) groups is 3. The molecule has 23 nitrogen and oxygen atoms in total. The number of hydrogen-bond acceptors (Lipinski definition) is 21. The van der Waals surface area contributed by atoms with Gasteiger partial charge in [-0.2, -0.15) is 5.10 Å². The number of likely N-dealkylation sites (N-methyl/N-ethyl adjacent to an activating group) is 7. The molecule has 9 rings (SSSR count). The zero-order valence-corrected chi connectivity index (χ0v) is 92.2. The van der Waals surface area contributed by atoms with Crippen LogP contribution >= 0.6 is 11.6 Å². The van der Waals surface area contributed by atoms with Gasteiger partial charge in [0.1, 0.15) is 11.6 Å². The van der Waals surface area contributed by atoms with Crippen LogP contribution in [0.4, 0.5) is 4.39 Å². The predicted molar refractivity (Wildman–Crippen MR) is 574 cm³/mol. The Morgan fingerprint density at radius 1 is 0.416 bits per heavy atom. The van der Waals surface area contributed by atoms with Gasteiger partial charge >= 0.3 is 0 Å². The Morgan fingerprint density at radius 2 is 0.766 bits per heavy atom. The molecule has 1 fully saturated rings. The number of nitrogens with one attached hydrogen (secondary N) is 7. The van der Waals surface area contributed by atoms with Crippen molar-refractivity contribution in [2.24, 2.45) is 7.05 Å². The number of aryl methyl sites for hydroxylation is 1. The van der Waals surface area contributed by atoms with Gasteiger partial charge in [0.2, 0.25) is 9.84 Å². The third-order valence-electron chi connectivity index (χ3n) is 23.4. The SMILES string of the molecule is CC(=O)Cc1cccc([C@@H]([C@H](C)NC(C)C)N(C)C)c1.CC(C)NCC(c1ccccc1Cl)N(C)C.CC(C)NCC(c1ccccc1F)N(C)C.CC(C)N[C@@H](C)[C@H](c1ccc(C(=O)N2CCOCC2)cc1)N(C)C.CC(C)N[C@@H](C)[C@H](c1cnn(C)c1)N(C)C.CC(C)N[C@H](C)[C@@H](c1ccc(S(=O)(=O)c2ccccc2)cc1)N(C)C.CCC(=O)c1ccc([C@@H]([C@H](C)NC(C)C)N(C)C)cc1. The molecule has 7 N–H and O–H groups in total. The Balaban J connectivity index is 0.000000414. The lowest BCUT2D eigenvalue weighted by atomic mass is 9.96. The van der Waals surface area contributed by atoms with Crippen molar-refractivity contribution in [2.45, 2.75) is 283 Å². The van der Waals surface area contributed by atoms with Crippen LogP contribution in [0, 0.1) is 5.82 Å². The summed E-state index contributed by atoms with van der Waals surface area (Å²) in [6.45, 7) is 48.8. The molecule has 8 aromatic rings. The standard InChI is InChI=1S/C20H28N2O2S.C19H31N3O2.2C17H28N2O.C13H21ClN2.C13H21FN2.C12H24N4/c1-15(2)21-16(3)20(22(4)5)17-11-13-19(14-12-17)25(23,24)18-9-7-6-8-10-18;1-14(2)20-15(3)18(21(4)5)16-6-8-17(9-7-16)19(23)22-10-12-24-13-11-22;1-12(2)18-14(4)17(19(5)6)16-9-7-8-15(11-16)10-13(3)20;1-7-16(20)14-8-10-15(11-9-14)17(19(5)6)13(4)18-12(2)3;2*1-10(2)15-9-13(16(3)4)11-7-5-6-8-12(11)14;1-9(2)14-10(3)12(15(4)5)11-7-13-16(6)8-11/h6-16,20-21H,1-5H3;6-9,14-15,18,20H,10-13H2,1-5H3;7-9,11-12,14,17-18H,10H2,1-6H3;8-13,17-18H,7H2,1-6H3;2*5-8,10,13,15H,9H2,1-4H3;7-10,12,14H,1-6H3/t16-,20+;15-,18+;14-,17+;13-,17+;;;10-,12+/m1000..0/s1. The van der Waals surface area contributed by atoms with E-state index in [0.717, 1.165) is 45.9 Å². The van der Waals surface area contributed by atoms with Gasteiger partial charge < -0.3 is 81.2 Å². The van der Waals surface area contributed by atoms with E-state index in [2.05, 4.69) is 322 Å². The van der Waals surface area contributed by atoms with Crippen molar-refractivity contribution in [3.63, 3.8) is 0 Å². The number of sulfone groups is 1. The zero-order chi connectivity index (χ0) is 103. The van der Waals surface area contributed by atoms with E-state index >= 15 is 0 Å². The van der Waals surface area contributed by atoms with Gasteiger partial charge in [-0.25, -0.2) is 12.8 Å². The van der Waals surface area contributed by atoms with Crippen LogP contribution in [0.1, 0.15) is 259 Å². The maximum Gasteiger partial charge on any atom is 0.254 e. The maximum absolute atomic E-state index is 13.7. The monoisotopic (exact) mass is 1930 g/mol. The van der Waals surface area contributed by atoms with Gasteiger partial charge in [0.05, 0.1) is 35.2 Å². The summed E-state index contributed by atoms with van der Waals surface area (Å²) in [5.74, 6) is 0.370. The number of morpholine rings is 1. The van der Waals surface area contributed by atoms with Crippen molar-refractivity contribution in [3.8, 4) is 0 Å². The maximum atomic E-state index is 13.7. The summed E-state index contributed by atoms with van der Waals surface area (Å²) >= 11 is 6.22. The van der Waals surface area contributed by atoms with E-state index < -0.39 is 9.84 Å². The Kier molecular flexibility index (Phi) is 56.8. The zero-order valence-electron chi connectivity index (χ0n) is 90.6. The Labute approximate surface area is 834 Å². The van der Waals surface area contributed by atoms with E-state index in [1.807, 2.05) is 148 Å². The fraction of sp³-hybridized carbons (Fsp3) is 0.568. The molecule has 1 amide bonds. The number of hydrogen-bond donors (Lipinski definition) is 7. The molecule has 0 aliphatic carbocycles. The van der Waals surface area contributed by atoms with E-state index in [4.69, 9.17) is 16.3 Å². The van der Waals surface area contributed by atoms with Crippen LogP contribution < -0.4 is 37.2 Å². The quantitative estimate of drug-likeness (QED) is 0.0177. The highest BCUT2D eigenvalue weighted by molar-refractivity contribution is 7.91. The number of ketones is 2. The molecule has 0 spiro atoms. The Bertz CT molecular complexity index is 4710. The molecular formula is C111H181ClFN17O6S. The van der Waals surface area contributed by atoms with Crippen molar-refractivity contribution in [2.75, 3.05) is 138 Å². The highest BCUT2D eigenvalue weighted by atomic mass is 35.5. The molecule has 2 unspecified atom stereocenters. The number of ether oxygens (including phenoxy) is 1. The number of nitrogens with zero attached hydrogens (tertiary/aromatic N) is 10. The number of halogens is 2. The number of carbonyl (C=O) groups excluding carboxylic acids is 3. The van der Waals surface area contributed by atoms with E-state index in [0.29, 0.717) is 140 Å². The molecule has 1 aliphatic heterocycles. The first-order valence-corrected chi connectivity index (χ1v) is 51.1. The minimum Gasteiger partial charge on any atom is -0.378 e. The molecule has 0 bridgehead atoms. The molecular weight excluding hydrogens is 1750 g/mol. The highest BCUT2D eigenvalue weighted by Gasteiger charge is 2.30. The lowest BCUT2D eigenvalue weighted by molar-refractivity contribution is -0.116. The third-order valence-corrected chi connectivity index (χ3v) is 25.6. The minimum atomic E-state index is -3.47. The van der Waals surface area contributed by atoms with Crippen LogP contribution in [-0.4, -0.2) is 285 Å². The van der Waals surface area contributed by atoms with Gasteiger partial charge in [0.25, 0.3) is 5.91 Å². The number of Topliss-reactive ketones (excluding diaryl/α,β-unsaturated/α-hetero) is 2. The second-order valence-electron chi connectivity index (χ2n) is 40.1. The van der Waals surface area contributed by atoms with Gasteiger partial charge in [-0.1, -0.05) is 243 Å². The average Bonchev–Trinajstić information content (AvgIpc) is 0.828. The first kappa shape index (κ1) is 123. The van der Waals surface area contributed by atoms with Crippen LogP contribution in [0.5, 0.6) is 0 Å². The van der Waals surface area contributed by atoms with E-state index in [9.17, 15) is 27.2 Å². The van der Waals surface area contributed by atoms with Crippen LogP contribution in [-0.2, 0) is 32.8 Å². The summed E-state index contributed by atoms with van der Waals surface area (Å²) in [4.78, 5) is 53.3. The van der Waals surface area contributed by atoms with Gasteiger partial charge in [-0.15, -0.1) is 0 Å². The molecule has 766 valence electrons. The molecule has 7 aromatic carbocycles. The fourth-order valence-electron chi connectivity index (χ4n) is 17.8. The van der Waals surface area contributed by atoms with E-state index in [1.54, 1.807) is 49.4 Å². The van der Waals surface area contributed by atoms with Crippen molar-refractivity contribution in [1.29, 1.82) is 0 Å². The van der Waals surface area contributed by atoms with Gasteiger partial charge in [0, 0.05) is 188 Å². The largest absolute Gasteiger partial charge is 0.378 e. The van der Waals surface area contributed by atoms with Crippen molar-refractivity contribution in [3.05, 3.63) is 255 Å². The second kappa shape index (κ2) is 63.1. The third kappa shape index (κ3) is 44.0. The Hall–Kier alpha value is -7.87. The summed E-state index contributed by atoms with van der Waals surface area (Å²) in [6.07, 6.45) is 5.11. The van der Waals surface area contributed by atoms with Gasteiger partial charge in [-0.3, -0.25) is 19.1 Å². The summed E-state index contributed by atoms with van der Waals surface area (Å²) in [6, 6.07) is 61.8. The predicted octanol–water partition coefficient (Wildman–Crippen LogP) is 18.5. The van der Waals surface area contributed by atoms with Gasteiger partial charge in [0.15, 0.2) is 5.78 Å². The van der Waals surface area contributed by atoms with Crippen LogP contribution in [0.3, 0.4) is 0 Å². The molecule has 12 atom stereocenters. The average molecular weight is 1940 g/mol. The van der Waals surface area contributed by atoms with Crippen LogP contribution in [0.2, 0.25) is 5.02 Å². The second-order valence-corrected chi connectivity index (χ2v) is 42.5. The number of amides is 1. The van der Waals surface area contributed by atoms with Crippen molar-refractivity contribution in [1.82, 2.24) is 86.2 Å². The minimum absolute atomic E-state index is 0.0728. The fourth-order valence-corrected chi connectivity index (χ4v) is 19.3. The molecule has 0 radical (unpaired) electrons. The molecule has 1 aliphatic rings. The number of aromatic nitrogens is 2. The number of benzene rings is 7. The number of rotatable bonds is 42. The summed E-state index contributed by atoms with van der Waals surface area (Å²) in [5, 5.41) is 29.7. The smallest absolute Gasteiger partial charge is 0.254 e. The summed E-state index contributed by atoms with van der Waals surface area (Å²) in [5.41, 5.74) is 10.7. The summed E-state index contributed by atoms with van der Waals surface area (Å²) in [7, 11) is 27.4. The van der Waals surface area contributed by atoms with E-state index in [-0.39, 0.29) is 47.5 Å². The summed E-state index contributed by atoms with van der Waals surface area (Å²) < 4.78 is 46.3. The molecule has 2 heterocycles. The molecule has 1 aromatic heterocycles. The van der Waals surface area contributed by atoms with Crippen molar-refractivity contribution < 1.29 is 31.9 Å². The lowest BCUT2D eigenvalue weighted by Gasteiger charge is -2.32. The normalized spacial score (nSPS) is 15.1. The first-order valence-electron chi connectivity index (χ1n) is 49.2. The van der Waals surface area contributed by atoms with Crippen LogP contribution in [0.25, 0.3) is 0 Å². The molecule has 0 saturated carbocycles. The van der Waals surface area contributed by atoms with Crippen LogP contribution in [0.15, 0.2) is 198 Å². The topological polar surface area (TPSA) is 223 Å². The molecule has 137 heavy (non-hydrogen) atoms. The molecule has 26 heteroatoms. The van der Waals surface area contributed by atoms with E-state index in [1.165, 1.54) is 33.9 Å². The van der Waals surface area contributed by atoms with Gasteiger partial charge in [-0.05, 0) is 222 Å². The van der Waals surface area contributed by atoms with Crippen molar-refractivity contribution >= 4 is 38.9 Å².